The molecule has 0 radical (unpaired) electrons. The highest BCUT2D eigenvalue weighted by Crippen LogP contribution is 2.31. The molecule has 2 aliphatic rings. The second kappa shape index (κ2) is 4.68. The summed E-state index contributed by atoms with van der Waals surface area (Å²) in [6, 6.07) is 0. The molecule has 6 heteroatoms. The van der Waals surface area contributed by atoms with Crippen LogP contribution in [0.4, 0.5) is 5.13 Å². The Bertz CT molecular complexity index is 481. The Morgan fingerprint density at radius 1 is 1.39 bits per heavy atom. The maximum absolute atomic E-state index is 11.5. The molecule has 3 N–H and O–H groups in total. The number of aromatic nitrogens is 1. The van der Waals surface area contributed by atoms with Crippen molar-refractivity contribution < 1.29 is 4.79 Å². The standard InChI is InChI=1S/C12H16N4OS/c13-11(15-10(17)7-5-6-7)16-12-14-8-3-1-2-4-9(8)18-12/h7H,1-6H2,(H3,13,14,15,16,17). The minimum atomic E-state index is -0.0161. The Balaban J connectivity index is 1.69. The third-order valence-corrected chi connectivity index (χ3v) is 4.30. The number of aliphatic imine (C=N–C) groups is 1. The molecule has 1 fully saturated rings. The van der Waals surface area contributed by atoms with Crippen molar-refractivity contribution in [1.29, 1.82) is 0 Å². The average molecular weight is 264 g/mol. The number of hydrogen-bond donors (Lipinski definition) is 2. The summed E-state index contributed by atoms with van der Waals surface area (Å²) in [6.45, 7) is 0. The number of nitrogens with zero attached hydrogens (tertiary/aromatic N) is 2. The SMILES string of the molecule is N/C(=N\c1nc2c(s1)CCCC2)NC(=O)C1CC1. The molecule has 0 unspecified atom stereocenters. The fourth-order valence-electron chi connectivity index (χ4n) is 2.09. The van der Waals surface area contributed by atoms with Gasteiger partial charge in [0.1, 0.15) is 0 Å². The first kappa shape index (κ1) is 11.6. The van der Waals surface area contributed by atoms with Gasteiger partial charge in [0, 0.05) is 10.8 Å². The molecule has 1 aromatic heterocycles. The van der Waals surface area contributed by atoms with E-state index in [1.807, 2.05) is 0 Å². The largest absolute Gasteiger partial charge is 0.369 e. The zero-order chi connectivity index (χ0) is 12.5. The van der Waals surface area contributed by atoms with E-state index in [1.54, 1.807) is 11.3 Å². The van der Waals surface area contributed by atoms with E-state index >= 15 is 0 Å². The first-order chi connectivity index (χ1) is 8.72. The molecule has 2 aliphatic carbocycles. The van der Waals surface area contributed by atoms with Crippen molar-refractivity contribution in [1.82, 2.24) is 10.3 Å². The lowest BCUT2D eigenvalue weighted by molar-refractivity contribution is -0.120. The maximum Gasteiger partial charge on any atom is 0.229 e. The molecule has 96 valence electrons. The van der Waals surface area contributed by atoms with Gasteiger partial charge in [-0.2, -0.15) is 4.99 Å². The Morgan fingerprint density at radius 2 is 2.17 bits per heavy atom. The molecule has 1 saturated carbocycles. The molecule has 1 heterocycles. The molecule has 0 bridgehead atoms. The molecule has 0 aromatic carbocycles. The van der Waals surface area contributed by atoms with E-state index in [-0.39, 0.29) is 17.8 Å². The Kier molecular flexibility index (Phi) is 3.03. The number of nitrogens with two attached hydrogens (primary N) is 1. The van der Waals surface area contributed by atoms with Crippen molar-refractivity contribution in [2.24, 2.45) is 16.6 Å². The minimum Gasteiger partial charge on any atom is -0.369 e. The van der Waals surface area contributed by atoms with Crippen LogP contribution in [0.15, 0.2) is 4.99 Å². The van der Waals surface area contributed by atoms with Crippen LogP contribution >= 0.6 is 11.3 Å². The van der Waals surface area contributed by atoms with Crippen LogP contribution in [0.2, 0.25) is 0 Å². The highest BCUT2D eigenvalue weighted by molar-refractivity contribution is 7.15. The summed E-state index contributed by atoms with van der Waals surface area (Å²) in [5, 5.41) is 3.29. The molecule has 3 rings (SSSR count). The number of carbonyl (C=O) groups is 1. The molecule has 0 spiro atoms. The van der Waals surface area contributed by atoms with Gasteiger partial charge in [-0.3, -0.25) is 10.1 Å². The first-order valence-corrected chi connectivity index (χ1v) is 7.17. The van der Waals surface area contributed by atoms with Crippen molar-refractivity contribution in [3.8, 4) is 0 Å². The fraction of sp³-hybridized carbons (Fsp3) is 0.583. The third-order valence-electron chi connectivity index (χ3n) is 3.25. The quantitative estimate of drug-likeness (QED) is 0.627. The van der Waals surface area contributed by atoms with Crippen molar-refractivity contribution in [2.45, 2.75) is 38.5 Å². The van der Waals surface area contributed by atoms with Gasteiger partial charge in [0.05, 0.1) is 5.69 Å². The van der Waals surface area contributed by atoms with Gasteiger partial charge in [-0.1, -0.05) is 11.3 Å². The number of thiazole rings is 1. The number of hydrogen-bond acceptors (Lipinski definition) is 4. The zero-order valence-corrected chi connectivity index (χ0v) is 10.9. The first-order valence-electron chi connectivity index (χ1n) is 6.36. The van der Waals surface area contributed by atoms with Crippen LogP contribution in [0.5, 0.6) is 0 Å². The topological polar surface area (TPSA) is 80.4 Å². The summed E-state index contributed by atoms with van der Waals surface area (Å²) in [6.07, 6.45) is 6.49. The van der Waals surface area contributed by atoms with Gasteiger partial charge >= 0.3 is 0 Å². The Morgan fingerprint density at radius 3 is 2.89 bits per heavy atom. The van der Waals surface area contributed by atoms with Gasteiger partial charge in [-0.25, -0.2) is 4.98 Å². The van der Waals surface area contributed by atoms with Crippen LogP contribution in [0.3, 0.4) is 0 Å². The number of fused-ring (bicyclic) bond motifs is 1. The maximum atomic E-state index is 11.5. The van der Waals surface area contributed by atoms with Crippen LogP contribution in [0.1, 0.15) is 36.3 Å². The number of carbonyl (C=O) groups excluding carboxylic acids is 1. The van der Waals surface area contributed by atoms with Crippen LogP contribution in [0.25, 0.3) is 0 Å². The van der Waals surface area contributed by atoms with E-state index in [2.05, 4.69) is 15.3 Å². The smallest absolute Gasteiger partial charge is 0.229 e. The highest BCUT2D eigenvalue weighted by Gasteiger charge is 2.30. The van der Waals surface area contributed by atoms with Crippen LogP contribution in [0, 0.1) is 5.92 Å². The molecular formula is C12H16N4OS. The molecular weight excluding hydrogens is 248 g/mol. The van der Waals surface area contributed by atoms with E-state index < -0.39 is 0 Å². The van der Waals surface area contributed by atoms with Gasteiger partial charge in [-0.15, -0.1) is 0 Å². The molecule has 1 aromatic rings. The van der Waals surface area contributed by atoms with Gasteiger partial charge in [-0.05, 0) is 38.5 Å². The lowest BCUT2D eigenvalue weighted by Crippen LogP contribution is -2.37. The Hall–Kier alpha value is -1.43. The van der Waals surface area contributed by atoms with Crippen molar-refractivity contribution >= 4 is 28.3 Å². The van der Waals surface area contributed by atoms with Crippen molar-refractivity contribution in [3.05, 3.63) is 10.6 Å². The van der Waals surface area contributed by atoms with E-state index in [0.29, 0.717) is 5.13 Å². The molecule has 0 aliphatic heterocycles. The third kappa shape index (κ3) is 2.53. The summed E-state index contributed by atoms with van der Waals surface area (Å²) in [5.74, 6) is 0.291. The number of aryl methyl sites for hydroxylation is 2. The molecule has 18 heavy (non-hydrogen) atoms. The highest BCUT2D eigenvalue weighted by atomic mass is 32.1. The van der Waals surface area contributed by atoms with Gasteiger partial charge in [0.15, 0.2) is 0 Å². The fourth-order valence-corrected chi connectivity index (χ4v) is 3.12. The lowest BCUT2D eigenvalue weighted by atomic mass is 10.0. The lowest BCUT2D eigenvalue weighted by Gasteiger charge is -2.06. The summed E-state index contributed by atoms with van der Waals surface area (Å²) in [5.41, 5.74) is 6.87. The normalized spacial score (nSPS) is 19.4. The zero-order valence-electron chi connectivity index (χ0n) is 10.1. The van der Waals surface area contributed by atoms with E-state index in [9.17, 15) is 4.79 Å². The average Bonchev–Trinajstić information content (AvgIpc) is 3.10. The number of guanidine groups is 1. The van der Waals surface area contributed by atoms with Gasteiger partial charge in [0.2, 0.25) is 17.0 Å². The molecule has 1 amide bonds. The van der Waals surface area contributed by atoms with Crippen LogP contribution < -0.4 is 11.1 Å². The van der Waals surface area contributed by atoms with Crippen LogP contribution in [-0.2, 0) is 17.6 Å². The summed E-state index contributed by atoms with van der Waals surface area (Å²) in [4.78, 5) is 21.5. The summed E-state index contributed by atoms with van der Waals surface area (Å²) < 4.78 is 0. The van der Waals surface area contributed by atoms with Crippen molar-refractivity contribution in [2.75, 3.05) is 0 Å². The predicted molar refractivity (Wildman–Crippen MR) is 70.9 cm³/mol. The second-order valence-electron chi connectivity index (χ2n) is 4.83. The molecule has 5 nitrogen and oxygen atoms in total. The monoisotopic (exact) mass is 264 g/mol. The summed E-state index contributed by atoms with van der Waals surface area (Å²) in [7, 11) is 0. The molecule has 0 atom stereocenters. The minimum absolute atomic E-state index is 0.0161. The van der Waals surface area contributed by atoms with Crippen molar-refractivity contribution in [3.63, 3.8) is 0 Å². The number of rotatable bonds is 2. The van der Waals surface area contributed by atoms with E-state index in [0.717, 1.165) is 31.4 Å². The van der Waals surface area contributed by atoms with Gasteiger partial charge in [0.25, 0.3) is 0 Å². The number of amides is 1. The second-order valence-corrected chi connectivity index (χ2v) is 5.90. The summed E-state index contributed by atoms with van der Waals surface area (Å²) >= 11 is 1.58. The van der Waals surface area contributed by atoms with Gasteiger partial charge < -0.3 is 5.73 Å². The molecule has 0 saturated heterocycles. The number of nitrogens with one attached hydrogen (secondary N) is 1. The Labute approximate surface area is 110 Å². The predicted octanol–water partition coefficient (Wildman–Crippen LogP) is 1.49. The van der Waals surface area contributed by atoms with E-state index in [1.165, 1.54) is 17.7 Å². The van der Waals surface area contributed by atoms with E-state index in [4.69, 9.17) is 5.73 Å². The van der Waals surface area contributed by atoms with Crippen LogP contribution in [-0.4, -0.2) is 16.9 Å².